The molecule has 0 saturated carbocycles. The first-order valence-corrected chi connectivity index (χ1v) is 5.44. The Morgan fingerprint density at radius 3 is 2.56 bits per heavy atom. The fourth-order valence-corrected chi connectivity index (χ4v) is 1.84. The second-order valence-electron chi connectivity index (χ2n) is 4.24. The molecule has 2 rings (SSSR count). The Hall–Kier alpha value is -1.77. The van der Waals surface area contributed by atoms with Crippen molar-refractivity contribution in [2.75, 3.05) is 0 Å². The van der Waals surface area contributed by atoms with Crippen LogP contribution in [0.4, 0.5) is 0 Å². The smallest absolute Gasteiger partial charge is 0.230 e. The van der Waals surface area contributed by atoms with Crippen molar-refractivity contribution >= 4 is 0 Å². The van der Waals surface area contributed by atoms with Crippen LogP contribution in [0.2, 0.25) is 0 Å². The average molecular weight is 216 g/mol. The Morgan fingerprint density at radius 1 is 1.25 bits per heavy atom. The Morgan fingerprint density at radius 2 is 1.94 bits per heavy atom. The number of aromatic nitrogens is 2. The van der Waals surface area contributed by atoms with Crippen LogP contribution in [0.25, 0.3) is 11.3 Å². The van der Waals surface area contributed by atoms with E-state index < -0.39 is 0 Å². The van der Waals surface area contributed by atoms with Gasteiger partial charge in [0.2, 0.25) is 5.88 Å². The first-order chi connectivity index (χ1) is 7.59. The van der Waals surface area contributed by atoms with Gasteiger partial charge in [0.25, 0.3) is 0 Å². The summed E-state index contributed by atoms with van der Waals surface area (Å²) < 4.78 is 1.84. The zero-order valence-corrected chi connectivity index (χ0v) is 9.81. The van der Waals surface area contributed by atoms with Crippen molar-refractivity contribution in [2.24, 2.45) is 0 Å². The lowest BCUT2D eigenvalue weighted by Crippen LogP contribution is -2.05. The summed E-state index contributed by atoms with van der Waals surface area (Å²) >= 11 is 0. The van der Waals surface area contributed by atoms with Crippen molar-refractivity contribution in [2.45, 2.75) is 26.8 Å². The maximum atomic E-state index is 9.50. The maximum Gasteiger partial charge on any atom is 0.230 e. The van der Waals surface area contributed by atoms with E-state index >= 15 is 0 Å². The van der Waals surface area contributed by atoms with E-state index in [1.807, 2.05) is 36.7 Å². The molecule has 0 amide bonds. The van der Waals surface area contributed by atoms with Crippen LogP contribution in [0.3, 0.4) is 0 Å². The van der Waals surface area contributed by atoms with Crippen LogP contribution >= 0.6 is 0 Å². The highest BCUT2D eigenvalue weighted by molar-refractivity contribution is 5.64. The van der Waals surface area contributed by atoms with E-state index in [9.17, 15) is 5.11 Å². The molecule has 0 atom stereocenters. The van der Waals surface area contributed by atoms with Gasteiger partial charge in [-0.15, -0.1) is 5.10 Å². The summed E-state index contributed by atoms with van der Waals surface area (Å²) in [6.07, 6.45) is 0. The van der Waals surface area contributed by atoms with Gasteiger partial charge in [0.05, 0.1) is 5.69 Å². The Bertz CT molecular complexity index is 500. The number of rotatable bonds is 2. The molecule has 0 spiro atoms. The lowest BCUT2D eigenvalue weighted by Gasteiger charge is -2.12. The third-order valence-electron chi connectivity index (χ3n) is 2.63. The Kier molecular flexibility index (Phi) is 2.69. The van der Waals surface area contributed by atoms with Crippen LogP contribution in [-0.4, -0.2) is 14.9 Å². The predicted molar refractivity (Wildman–Crippen MR) is 64.4 cm³/mol. The van der Waals surface area contributed by atoms with Gasteiger partial charge in [-0.25, -0.2) is 0 Å². The van der Waals surface area contributed by atoms with Crippen LogP contribution in [0.1, 0.15) is 25.5 Å². The van der Waals surface area contributed by atoms with Gasteiger partial charge in [-0.1, -0.05) is 24.3 Å². The third-order valence-corrected chi connectivity index (χ3v) is 2.63. The molecule has 3 nitrogen and oxygen atoms in total. The van der Waals surface area contributed by atoms with Crippen LogP contribution in [-0.2, 0) is 0 Å². The highest BCUT2D eigenvalue weighted by atomic mass is 16.3. The first-order valence-electron chi connectivity index (χ1n) is 5.44. The molecule has 1 heterocycles. The number of aromatic hydroxyl groups is 1. The fourth-order valence-electron chi connectivity index (χ4n) is 1.84. The van der Waals surface area contributed by atoms with E-state index in [-0.39, 0.29) is 11.9 Å². The summed E-state index contributed by atoms with van der Waals surface area (Å²) in [6.45, 7) is 6.16. The Labute approximate surface area is 95.3 Å². The summed E-state index contributed by atoms with van der Waals surface area (Å²) in [7, 11) is 0. The number of benzene rings is 1. The van der Waals surface area contributed by atoms with Gasteiger partial charge in [0.15, 0.2) is 0 Å². The van der Waals surface area contributed by atoms with Gasteiger partial charge in [0, 0.05) is 17.7 Å². The average Bonchev–Trinajstić information content (AvgIpc) is 2.61. The minimum Gasteiger partial charge on any atom is -0.492 e. The fraction of sp³-hybridized carbons (Fsp3) is 0.308. The van der Waals surface area contributed by atoms with Crippen molar-refractivity contribution in [3.8, 4) is 17.1 Å². The second-order valence-corrected chi connectivity index (χ2v) is 4.24. The summed E-state index contributed by atoms with van der Waals surface area (Å²) in [5.41, 5.74) is 3.26. The van der Waals surface area contributed by atoms with E-state index in [0.29, 0.717) is 0 Å². The number of nitrogens with zero attached hydrogens (tertiary/aromatic N) is 2. The molecule has 1 aromatic carbocycles. The quantitative estimate of drug-likeness (QED) is 0.837. The normalized spacial score (nSPS) is 11.0. The number of aryl methyl sites for hydroxylation is 1. The number of hydrogen-bond donors (Lipinski definition) is 1. The molecule has 16 heavy (non-hydrogen) atoms. The van der Waals surface area contributed by atoms with Crippen molar-refractivity contribution in [3.05, 3.63) is 35.9 Å². The molecular formula is C13H16N2O. The predicted octanol–water partition coefficient (Wildman–Crippen LogP) is 3.15. The molecule has 84 valence electrons. The molecule has 1 N–H and O–H groups in total. The van der Waals surface area contributed by atoms with Gasteiger partial charge in [-0.3, -0.25) is 4.68 Å². The molecule has 0 saturated heterocycles. The van der Waals surface area contributed by atoms with Gasteiger partial charge in [-0.05, 0) is 26.3 Å². The zero-order chi connectivity index (χ0) is 11.7. The van der Waals surface area contributed by atoms with Gasteiger partial charge in [0.1, 0.15) is 0 Å². The summed E-state index contributed by atoms with van der Waals surface area (Å²) in [5.74, 6) is 0.0759. The van der Waals surface area contributed by atoms with Crippen LogP contribution in [0.5, 0.6) is 5.88 Å². The van der Waals surface area contributed by atoms with Gasteiger partial charge in [-0.2, -0.15) is 0 Å². The van der Waals surface area contributed by atoms with E-state index in [1.54, 1.807) is 6.07 Å². The molecule has 3 heteroatoms. The molecule has 0 fully saturated rings. The van der Waals surface area contributed by atoms with Gasteiger partial charge >= 0.3 is 0 Å². The molecule has 0 aliphatic heterocycles. The van der Waals surface area contributed by atoms with Crippen molar-refractivity contribution in [1.82, 2.24) is 9.78 Å². The monoisotopic (exact) mass is 216 g/mol. The molecule has 0 aliphatic rings. The van der Waals surface area contributed by atoms with E-state index in [0.717, 1.165) is 11.3 Å². The van der Waals surface area contributed by atoms with E-state index in [4.69, 9.17) is 0 Å². The largest absolute Gasteiger partial charge is 0.492 e. The SMILES string of the molecule is Cc1ccccc1-c1cc(O)nn1C(C)C. The minimum absolute atomic E-state index is 0.0759. The summed E-state index contributed by atoms with van der Waals surface area (Å²) in [5, 5.41) is 13.6. The van der Waals surface area contributed by atoms with E-state index in [1.165, 1.54) is 5.56 Å². The van der Waals surface area contributed by atoms with Crippen LogP contribution < -0.4 is 0 Å². The van der Waals surface area contributed by atoms with E-state index in [2.05, 4.69) is 18.1 Å². The first kappa shape index (κ1) is 10.7. The lowest BCUT2D eigenvalue weighted by molar-refractivity contribution is 0.427. The van der Waals surface area contributed by atoms with Crippen LogP contribution in [0, 0.1) is 6.92 Å². The second kappa shape index (κ2) is 4.00. The third kappa shape index (κ3) is 1.81. The molecule has 1 aromatic heterocycles. The molecule has 2 aromatic rings. The molecule has 0 bridgehead atoms. The van der Waals surface area contributed by atoms with Crippen molar-refractivity contribution in [1.29, 1.82) is 0 Å². The minimum atomic E-state index is 0.0759. The topological polar surface area (TPSA) is 38.1 Å². The highest BCUT2D eigenvalue weighted by Crippen LogP contribution is 2.28. The summed E-state index contributed by atoms with van der Waals surface area (Å²) in [4.78, 5) is 0. The molecule has 0 radical (unpaired) electrons. The maximum absolute atomic E-state index is 9.50. The van der Waals surface area contributed by atoms with Gasteiger partial charge < -0.3 is 5.11 Å². The summed E-state index contributed by atoms with van der Waals surface area (Å²) in [6, 6.07) is 10.1. The lowest BCUT2D eigenvalue weighted by atomic mass is 10.1. The Balaban J connectivity index is 2.60. The highest BCUT2D eigenvalue weighted by Gasteiger charge is 2.12. The molecule has 0 aliphatic carbocycles. The standard InChI is InChI=1S/C13H16N2O/c1-9(2)15-12(8-13(16)14-15)11-7-5-4-6-10(11)3/h4-9H,1-3H3,(H,14,16). The number of hydrogen-bond acceptors (Lipinski definition) is 2. The zero-order valence-electron chi connectivity index (χ0n) is 9.81. The molecule has 0 unspecified atom stereocenters. The van der Waals surface area contributed by atoms with Crippen molar-refractivity contribution < 1.29 is 5.11 Å². The van der Waals surface area contributed by atoms with Crippen LogP contribution in [0.15, 0.2) is 30.3 Å². The molecular weight excluding hydrogens is 200 g/mol. The van der Waals surface area contributed by atoms with Crippen molar-refractivity contribution in [3.63, 3.8) is 0 Å².